The number of carboxylic acids is 1. The fourth-order valence-corrected chi connectivity index (χ4v) is 7.02. The van der Waals surface area contributed by atoms with Crippen molar-refractivity contribution in [1.29, 1.82) is 0 Å². The average molecular weight is 645 g/mol. The predicted molar refractivity (Wildman–Crippen MR) is 183 cm³/mol. The van der Waals surface area contributed by atoms with Crippen LogP contribution < -0.4 is 0 Å². The van der Waals surface area contributed by atoms with Crippen LogP contribution in [0.5, 0.6) is 0 Å². The Kier molecular flexibility index (Phi) is 8.53. The van der Waals surface area contributed by atoms with E-state index in [4.69, 9.17) is 19.4 Å². The Morgan fingerprint density at radius 3 is 2.52 bits per heavy atom. The van der Waals surface area contributed by atoms with Crippen LogP contribution >= 0.6 is 0 Å². The summed E-state index contributed by atoms with van der Waals surface area (Å²) < 4.78 is 6.24. The van der Waals surface area contributed by atoms with Crippen LogP contribution in [-0.4, -0.2) is 80.4 Å². The third kappa shape index (κ3) is 6.21. The number of nitrogens with zero attached hydrogens (tertiary/aromatic N) is 6. The largest absolute Gasteiger partial charge is 0.481 e. The van der Waals surface area contributed by atoms with E-state index in [2.05, 4.69) is 49.1 Å². The van der Waals surface area contributed by atoms with Crippen molar-refractivity contribution < 1.29 is 19.1 Å². The van der Waals surface area contributed by atoms with Crippen LogP contribution in [0.4, 0.5) is 0 Å². The Hall–Kier alpha value is -4.93. The number of carbonyl (C=O) groups is 2. The molecule has 1 atom stereocenters. The van der Waals surface area contributed by atoms with Crippen molar-refractivity contribution in [2.45, 2.75) is 46.3 Å². The second-order valence-corrected chi connectivity index (χ2v) is 13.4. The molecule has 5 aromatic rings. The molecular weight excluding hydrogens is 604 g/mol. The average Bonchev–Trinajstić information content (AvgIpc) is 3.78. The van der Waals surface area contributed by atoms with Gasteiger partial charge in [0, 0.05) is 42.9 Å². The molecule has 0 radical (unpaired) electrons. The topological polar surface area (TPSA) is 116 Å². The molecule has 246 valence electrons. The molecule has 1 fully saturated rings. The molecule has 0 saturated carbocycles. The van der Waals surface area contributed by atoms with Crippen LogP contribution in [0.3, 0.4) is 0 Å². The minimum Gasteiger partial charge on any atom is -0.481 e. The summed E-state index contributed by atoms with van der Waals surface area (Å²) in [5, 5.41) is 10.4. The number of carboxylic acid groups (broad SMARTS) is 1. The van der Waals surface area contributed by atoms with Gasteiger partial charge in [0.2, 0.25) is 11.8 Å². The molecule has 2 aromatic carbocycles. The van der Waals surface area contributed by atoms with E-state index in [9.17, 15) is 14.7 Å². The summed E-state index contributed by atoms with van der Waals surface area (Å²) in [6.07, 6.45) is 5.08. The molecule has 0 aliphatic carbocycles. The summed E-state index contributed by atoms with van der Waals surface area (Å²) in [5.74, 6) is 0.403. The molecule has 2 aliphatic heterocycles. The third-order valence-corrected chi connectivity index (χ3v) is 9.68. The maximum Gasteiger partial charge on any atom is 0.307 e. The van der Waals surface area contributed by atoms with Crippen LogP contribution in [0.15, 0.2) is 65.3 Å². The molecule has 3 aromatic heterocycles. The van der Waals surface area contributed by atoms with E-state index in [0.29, 0.717) is 51.5 Å². The van der Waals surface area contributed by atoms with Gasteiger partial charge in [-0.2, -0.15) is 0 Å². The summed E-state index contributed by atoms with van der Waals surface area (Å²) in [6.45, 7) is 7.59. The van der Waals surface area contributed by atoms with Gasteiger partial charge in [0.1, 0.15) is 11.5 Å². The third-order valence-electron chi connectivity index (χ3n) is 9.68. The van der Waals surface area contributed by atoms with Crippen molar-refractivity contribution >= 4 is 22.8 Å². The zero-order valence-corrected chi connectivity index (χ0v) is 27.9. The molecule has 5 heterocycles. The van der Waals surface area contributed by atoms with E-state index in [0.717, 1.165) is 62.4 Å². The fraction of sp³-hybridized carbons (Fsp3) is 0.342. The van der Waals surface area contributed by atoms with Crippen molar-refractivity contribution in [3.05, 3.63) is 100 Å². The van der Waals surface area contributed by atoms with E-state index in [1.165, 1.54) is 11.1 Å². The number of fused-ring (bicyclic) bond motifs is 2. The molecule has 1 N–H and O–H groups in total. The molecule has 1 amide bonds. The lowest BCUT2D eigenvalue weighted by atomic mass is 9.90. The summed E-state index contributed by atoms with van der Waals surface area (Å²) >= 11 is 0. The number of likely N-dealkylation sites (N-methyl/N-ethyl adjacent to an activating group) is 1. The van der Waals surface area contributed by atoms with Crippen molar-refractivity contribution in [2.24, 2.45) is 5.92 Å². The Morgan fingerprint density at radius 2 is 1.77 bits per heavy atom. The number of hydrogen-bond acceptors (Lipinski definition) is 8. The maximum absolute atomic E-state index is 12.6. The molecule has 10 heteroatoms. The molecule has 1 saturated heterocycles. The van der Waals surface area contributed by atoms with Crippen LogP contribution in [-0.2, 0) is 35.6 Å². The van der Waals surface area contributed by atoms with Gasteiger partial charge >= 0.3 is 5.97 Å². The van der Waals surface area contributed by atoms with Crippen LogP contribution in [0.1, 0.15) is 45.8 Å². The Labute approximate surface area is 280 Å². The Morgan fingerprint density at radius 1 is 1.00 bits per heavy atom. The van der Waals surface area contributed by atoms with Crippen molar-refractivity contribution in [2.75, 3.05) is 33.7 Å². The summed E-state index contributed by atoms with van der Waals surface area (Å²) in [5.41, 5.74) is 10.4. The van der Waals surface area contributed by atoms with Crippen LogP contribution in [0.2, 0.25) is 0 Å². The van der Waals surface area contributed by atoms with Crippen LogP contribution in [0.25, 0.3) is 33.5 Å². The molecule has 0 unspecified atom stereocenters. The van der Waals surface area contributed by atoms with E-state index < -0.39 is 5.97 Å². The molecule has 10 nitrogen and oxygen atoms in total. The van der Waals surface area contributed by atoms with Gasteiger partial charge in [0.05, 0.1) is 36.8 Å². The van der Waals surface area contributed by atoms with Crippen molar-refractivity contribution in [3.8, 4) is 22.6 Å². The number of likely N-dealkylation sites (tertiary alicyclic amines) is 1. The number of benzene rings is 2. The Bertz CT molecular complexity index is 2010. The molecule has 0 bridgehead atoms. The molecule has 48 heavy (non-hydrogen) atoms. The number of amides is 1. The predicted octanol–water partition coefficient (Wildman–Crippen LogP) is 5.47. The van der Waals surface area contributed by atoms with E-state index >= 15 is 0 Å². The van der Waals surface area contributed by atoms with E-state index in [1.807, 2.05) is 49.6 Å². The quantitative estimate of drug-likeness (QED) is 0.223. The number of pyridine rings is 2. The smallest absolute Gasteiger partial charge is 0.307 e. The lowest BCUT2D eigenvalue weighted by molar-refractivity contribution is -0.141. The Balaban J connectivity index is 1.11. The zero-order chi connectivity index (χ0) is 33.5. The first-order valence-corrected chi connectivity index (χ1v) is 16.4. The van der Waals surface area contributed by atoms with Gasteiger partial charge in [-0.05, 0) is 92.5 Å². The monoisotopic (exact) mass is 644 g/mol. The van der Waals surface area contributed by atoms with Gasteiger partial charge in [-0.25, -0.2) is 4.98 Å². The zero-order valence-electron chi connectivity index (χ0n) is 27.9. The number of oxazole rings is 1. The minimum absolute atomic E-state index is 0.0669. The lowest BCUT2D eigenvalue weighted by Crippen LogP contribution is -2.34. The molecular formula is C38H40N6O4. The summed E-state index contributed by atoms with van der Waals surface area (Å²) in [4.78, 5) is 44.2. The number of carbonyl (C=O) groups excluding carboxylic acids is 1. The van der Waals surface area contributed by atoms with Gasteiger partial charge in [0.15, 0.2) is 0 Å². The highest BCUT2D eigenvalue weighted by Crippen LogP contribution is 2.36. The fourth-order valence-electron chi connectivity index (χ4n) is 7.02. The van der Waals surface area contributed by atoms with Crippen LogP contribution in [0, 0.1) is 19.8 Å². The van der Waals surface area contributed by atoms with Gasteiger partial charge in [-0.15, -0.1) is 0 Å². The standard InChI is InChI=1S/C38H40N6O4/c1-23-26(16-32-36-27(11-13-39-32)15-25(17-40-36)18-43-14-12-28(19-43)38(46)47)7-5-8-29(23)30-9-6-10-31(24(30)2)37-41-33-20-44(21-34(33)48-37)35(45)22-42(3)4/h5-11,13,15,17,28H,12,14,16,18-22H2,1-4H3,(H,46,47)/t28-/m1/s1. The molecule has 2 aliphatic rings. The maximum atomic E-state index is 12.6. The highest BCUT2D eigenvalue weighted by atomic mass is 16.4. The number of aromatic nitrogens is 3. The highest BCUT2D eigenvalue weighted by molar-refractivity contribution is 5.82. The second kappa shape index (κ2) is 12.9. The van der Waals surface area contributed by atoms with Gasteiger partial charge < -0.3 is 19.3 Å². The number of rotatable bonds is 9. The second-order valence-electron chi connectivity index (χ2n) is 13.4. The number of hydrogen-bond donors (Lipinski definition) is 1. The first-order chi connectivity index (χ1) is 23.1. The van der Waals surface area contributed by atoms with E-state index in [-0.39, 0.29) is 11.8 Å². The van der Waals surface area contributed by atoms with Crippen molar-refractivity contribution in [3.63, 3.8) is 0 Å². The lowest BCUT2D eigenvalue weighted by Gasteiger charge is -2.18. The summed E-state index contributed by atoms with van der Waals surface area (Å²) in [6, 6.07) is 16.8. The summed E-state index contributed by atoms with van der Waals surface area (Å²) in [7, 11) is 3.78. The number of aliphatic carboxylic acids is 1. The first-order valence-electron chi connectivity index (χ1n) is 16.4. The van der Waals surface area contributed by atoms with Gasteiger partial charge in [0.25, 0.3) is 0 Å². The van der Waals surface area contributed by atoms with Crippen molar-refractivity contribution in [1.82, 2.24) is 29.7 Å². The SMILES string of the molecule is Cc1c(Cc2nccc3cc(CN4CC[C@@H](C(=O)O)C4)cnc23)cccc1-c1cccc(-c2nc3c(o2)CN(C(=O)CN(C)C)C3)c1C. The van der Waals surface area contributed by atoms with Gasteiger partial charge in [-0.3, -0.25) is 24.5 Å². The normalized spacial score (nSPS) is 16.3. The van der Waals surface area contributed by atoms with E-state index in [1.54, 1.807) is 4.90 Å². The first kappa shape index (κ1) is 31.7. The van der Waals surface area contributed by atoms with Gasteiger partial charge in [-0.1, -0.05) is 30.3 Å². The minimum atomic E-state index is -0.716. The highest BCUT2D eigenvalue weighted by Gasteiger charge is 2.30. The molecule has 0 spiro atoms. The molecule has 7 rings (SSSR count).